The third kappa shape index (κ3) is 6.86. The Kier molecular flexibility index (Phi) is 10.5. The molecule has 8 heteroatoms. The number of hydrogen-bond acceptors (Lipinski definition) is 5. The van der Waals surface area contributed by atoms with Crippen LogP contribution in [0.15, 0.2) is 40.7 Å². The van der Waals surface area contributed by atoms with Gasteiger partial charge in [-0.3, -0.25) is 4.99 Å². The fourth-order valence-electron chi connectivity index (χ4n) is 2.51. The highest BCUT2D eigenvalue weighted by atomic mass is 127. The molecule has 1 heterocycles. The molecule has 6 nitrogen and oxygen atoms in total. The summed E-state index contributed by atoms with van der Waals surface area (Å²) in [5, 5.41) is 19.2. The molecule has 0 aliphatic rings. The number of rotatable bonds is 8. The van der Waals surface area contributed by atoms with Crippen LogP contribution in [-0.2, 0) is 0 Å². The predicted molar refractivity (Wildman–Crippen MR) is 122 cm³/mol. The monoisotopic (exact) mass is 505 g/mol. The van der Waals surface area contributed by atoms with Crippen molar-refractivity contribution in [1.82, 2.24) is 10.6 Å². The molecule has 0 amide bonds. The lowest BCUT2D eigenvalue weighted by Crippen LogP contribution is -2.38. The van der Waals surface area contributed by atoms with Crippen LogP contribution in [0.4, 0.5) is 0 Å². The van der Waals surface area contributed by atoms with Gasteiger partial charge in [-0.25, -0.2) is 0 Å². The van der Waals surface area contributed by atoms with Gasteiger partial charge < -0.3 is 25.2 Å². The molecule has 1 aromatic heterocycles. The van der Waals surface area contributed by atoms with E-state index in [9.17, 15) is 5.11 Å². The highest BCUT2D eigenvalue weighted by Gasteiger charge is 2.15. The van der Waals surface area contributed by atoms with Gasteiger partial charge in [0.05, 0.1) is 26.8 Å². The van der Waals surface area contributed by atoms with Crippen molar-refractivity contribution in [3.63, 3.8) is 0 Å². The van der Waals surface area contributed by atoms with Gasteiger partial charge in [-0.05, 0) is 43.5 Å². The van der Waals surface area contributed by atoms with Crippen LogP contribution < -0.4 is 20.1 Å². The first-order valence-electron chi connectivity index (χ1n) is 8.57. The Bertz CT molecular complexity index is 710. The van der Waals surface area contributed by atoms with Gasteiger partial charge in [0.25, 0.3) is 0 Å². The summed E-state index contributed by atoms with van der Waals surface area (Å²) in [5.41, 5.74) is 0.651. The Morgan fingerprint density at radius 2 is 2.04 bits per heavy atom. The molecule has 2 aromatic rings. The van der Waals surface area contributed by atoms with E-state index in [1.54, 1.807) is 43.8 Å². The number of hydrogen-bond donors (Lipinski definition) is 3. The van der Waals surface area contributed by atoms with Crippen LogP contribution in [0.25, 0.3) is 0 Å². The van der Waals surface area contributed by atoms with Crippen LogP contribution in [0, 0.1) is 0 Å². The van der Waals surface area contributed by atoms with Crippen molar-refractivity contribution >= 4 is 41.3 Å². The standard InChI is InChI=1S/C19H27N3O3S.HI/c1-5-20-19(22-13(2)18-7-6-10-26-18)21-12-16(23)15-11-14(24-3)8-9-17(15)25-4;/h6-11,13,16,23H,5,12H2,1-4H3,(H2,20,21,22);1H. The maximum atomic E-state index is 10.6. The largest absolute Gasteiger partial charge is 0.497 e. The first kappa shape index (κ1) is 23.5. The van der Waals surface area contributed by atoms with Crippen LogP contribution in [0.1, 0.15) is 36.4 Å². The van der Waals surface area contributed by atoms with Crippen LogP contribution in [0.3, 0.4) is 0 Å². The number of nitrogens with zero attached hydrogens (tertiary/aromatic N) is 1. The summed E-state index contributed by atoms with van der Waals surface area (Å²) in [7, 11) is 3.17. The predicted octanol–water partition coefficient (Wildman–Crippen LogP) is 3.73. The van der Waals surface area contributed by atoms with Crippen molar-refractivity contribution in [3.05, 3.63) is 46.2 Å². The number of nitrogens with one attached hydrogen (secondary N) is 2. The van der Waals surface area contributed by atoms with E-state index in [1.807, 2.05) is 13.0 Å². The zero-order chi connectivity index (χ0) is 18.9. The van der Waals surface area contributed by atoms with Crippen molar-refractivity contribution in [2.45, 2.75) is 26.0 Å². The summed E-state index contributed by atoms with van der Waals surface area (Å²) >= 11 is 1.70. The van der Waals surface area contributed by atoms with E-state index < -0.39 is 6.10 Å². The van der Waals surface area contributed by atoms with E-state index >= 15 is 0 Å². The second kappa shape index (κ2) is 12.0. The van der Waals surface area contributed by atoms with Crippen LogP contribution >= 0.6 is 35.3 Å². The number of aliphatic imine (C=N–C) groups is 1. The van der Waals surface area contributed by atoms with Gasteiger partial charge >= 0.3 is 0 Å². The molecule has 0 radical (unpaired) electrons. The average Bonchev–Trinajstić information content (AvgIpc) is 3.20. The van der Waals surface area contributed by atoms with Gasteiger partial charge in [-0.15, -0.1) is 35.3 Å². The minimum Gasteiger partial charge on any atom is -0.497 e. The summed E-state index contributed by atoms with van der Waals surface area (Å²) in [6, 6.07) is 9.60. The minimum absolute atomic E-state index is 0. The molecule has 0 saturated carbocycles. The fourth-order valence-corrected chi connectivity index (χ4v) is 3.24. The molecule has 1 aromatic carbocycles. The Morgan fingerprint density at radius 1 is 1.26 bits per heavy atom. The fraction of sp³-hybridized carbons (Fsp3) is 0.421. The number of benzene rings is 1. The molecule has 0 saturated heterocycles. The van der Waals surface area contributed by atoms with Crippen molar-refractivity contribution in [2.75, 3.05) is 27.3 Å². The summed E-state index contributed by atoms with van der Waals surface area (Å²) < 4.78 is 10.6. The van der Waals surface area contributed by atoms with E-state index in [2.05, 4.69) is 34.0 Å². The minimum atomic E-state index is -0.799. The summed E-state index contributed by atoms with van der Waals surface area (Å²) in [6.07, 6.45) is -0.799. The Morgan fingerprint density at radius 3 is 2.63 bits per heavy atom. The molecule has 2 atom stereocenters. The average molecular weight is 505 g/mol. The van der Waals surface area contributed by atoms with Gasteiger partial charge in [0.15, 0.2) is 5.96 Å². The van der Waals surface area contributed by atoms with Gasteiger partial charge in [0.2, 0.25) is 0 Å². The number of guanidine groups is 1. The van der Waals surface area contributed by atoms with Crippen molar-refractivity contribution < 1.29 is 14.6 Å². The molecule has 2 unspecified atom stereocenters. The van der Waals surface area contributed by atoms with Gasteiger partial charge in [0.1, 0.15) is 17.6 Å². The molecule has 0 spiro atoms. The second-order valence-electron chi connectivity index (χ2n) is 5.72. The van der Waals surface area contributed by atoms with Crippen molar-refractivity contribution in [2.24, 2.45) is 4.99 Å². The molecule has 0 fully saturated rings. The molecular formula is C19H28IN3O3S. The maximum absolute atomic E-state index is 10.6. The third-order valence-electron chi connectivity index (χ3n) is 3.89. The Labute approximate surface area is 182 Å². The molecule has 2 rings (SSSR count). The van der Waals surface area contributed by atoms with Crippen molar-refractivity contribution in [1.29, 1.82) is 0 Å². The molecular weight excluding hydrogens is 477 g/mol. The number of aliphatic hydroxyl groups excluding tert-OH is 1. The summed E-state index contributed by atoms with van der Waals surface area (Å²) in [5.74, 6) is 1.94. The van der Waals surface area contributed by atoms with E-state index in [-0.39, 0.29) is 36.6 Å². The zero-order valence-electron chi connectivity index (χ0n) is 16.1. The third-order valence-corrected chi connectivity index (χ3v) is 4.94. The quantitative estimate of drug-likeness (QED) is 0.290. The Hall–Kier alpha value is -1.52. The highest BCUT2D eigenvalue weighted by Crippen LogP contribution is 2.29. The SMILES string of the molecule is CCNC(=NCC(O)c1cc(OC)ccc1OC)NC(C)c1cccs1.I. The Balaban J connectivity index is 0.00000364. The molecule has 3 N–H and O–H groups in total. The van der Waals surface area contributed by atoms with E-state index in [4.69, 9.17) is 9.47 Å². The van der Waals surface area contributed by atoms with E-state index in [0.29, 0.717) is 23.0 Å². The van der Waals surface area contributed by atoms with Gasteiger partial charge in [-0.2, -0.15) is 0 Å². The lowest BCUT2D eigenvalue weighted by Gasteiger charge is -2.18. The van der Waals surface area contributed by atoms with Gasteiger partial charge in [0, 0.05) is 17.0 Å². The van der Waals surface area contributed by atoms with E-state index in [0.717, 1.165) is 6.54 Å². The van der Waals surface area contributed by atoms with Crippen molar-refractivity contribution in [3.8, 4) is 11.5 Å². The normalized spacial score (nSPS) is 13.3. The van der Waals surface area contributed by atoms with Crippen LogP contribution in [-0.4, -0.2) is 38.4 Å². The molecule has 0 aliphatic heterocycles. The van der Waals surface area contributed by atoms with Gasteiger partial charge in [-0.1, -0.05) is 6.07 Å². The second-order valence-corrected chi connectivity index (χ2v) is 6.70. The van der Waals surface area contributed by atoms with Crippen LogP contribution in [0.2, 0.25) is 0 Å². The lowest BCUT2D eigenvalue weighted by atomic mass is 10.1. The number of thiophene rings is 1. The number of halogens is 1. The summed E-state index contributed by atoms with van der Waals surface area (Å²) in [6.45, 7) is 5.03. The highest BCUT2D eigenvalue weighted by molar-refractivity contribution is 14.0. The zero-order valence-corrected chi connectivity index (χ0v) is 19.2. The number of ether oxygens (including phenoxy) is 2. The topological polar surface area (TPSA) is 75.1 Å². The molecule has 0 aliphatic carbocycles. The first-order valence-corrected chi connectivity index (χ1v) is 9.45. The maximum Gasteiger partial charge on any atom is 0.191 e. The molecule has 27 heavy (non-hydrogen) atoms. The number of aliphatic hydroxyl groups is 1. The first-order chi connectivity index (χ1) is 12.6. The molecule has 150 valence electrons. The van der Waals surface area contributed by atoms with Crippen LogP contribution in [0.5, 0.6) is 11.5 Å². The summed E-state index contributed by atoms with van der Waals surface area (Å²) in [4.78, 5) is 5.75. The lowest BCUT2D eigenvalue weighted by molar-refractivity contribution is 0.182. The van der Waals surface area contributed by atoms with E-state index in [1.165, 1.54) is 4.88 Å². The number of methoxy groups -OCH3 is 2. The smallest absolute Gasteiger partial charge is 0.191 e. The molecule has 0 bridgehead atoms.